The van der Waals surface area contributed by atoms with Gasteiger partial charge in [-0.3, -0.25) is 10.2 Å². The van der Waals surface area contributed by atoms with Crippen molar-refractivity contribution in [3.05, 3.63) is 77.2 Å². The molecule has 0 spiro atoms. The van der Waals surface area contributed by atoms with Gasteiger partial charge in [0, 0.05) is 18.0 Å². The molecule has 1 aromatic heterocycles. The summed E-state index contributed by atoms with van der Waals surface area (Å²) >= 11 is 0. The van der Waals surface area contributed by atoms with Gasteiger partial charge < -0.3 is 5.73 Å². The van der Waals surface area contributed by atoms with E-state index in [1.807, 2.05) is 30.3 Å². The molecule has 5 rings (SSSR count). The quantitative estimate of drug-likeness (QED) is 0.505. The van der Waals surface area contributed by atoms with Gasteiger partial charge in [0.25, 0.3) is 0 Å². The fourth-order valence-electron chi connectivity index (χ4n) is 4.68. The summed E-state index contributed by atoms with van der Waals surface area (Å²) in [4.78, 5) is 12.5. The van der Waals surface area contributed by atoms with Crippen LogP contribution in [0.5, 0.6) is 0 Å². The number of urea groups is 1. The van der Waals surface area contributed by atoms with Gasteiger partial charge in [-0.25, -0.2) is 13.9 Å². The molecule has 1 atom stereocenters. The van der Waals surface area contributed by atoms with Crippen molar-refractivity contribution in [2.24, 2.45) is 5.73 Å². The van der Waals surface area contributed by atoms with Crippen LogP contribution in [0.15, 0.2) is 54.6 Å². The Balaban J connectivity index is 0.000000165. The maximum Gasteiger partial charge on any atom is 0.401 e. The second-order valence-corrected chi connectivity index (χ2v) is 8.72. The number of aryl methyl sites for hydroxylation is 1. The third kappa shape index (κ3) is 6.19. The Morgan fingerprint density at radius 1 is 1.09 bits per heavy atom. The second kappa shape index (κ2) is 10.5. The van der Waals surface area contributed by atoms with E-state index >= 15 is 0 Å². The molecule has 0 bridgehead atoms. The lowest BCUT2D eigenvalue weighted by Crippen LogP contribution is -2.32. The molecule has 0 unspecified atom stereocenters. The van der Waals surface area contributed by atoms with Gasteiger partial charge in [-0.05, 0) is 56.0 Å². The lowest BCUT2D eigenvalue weighted by Gasteiger charge is -2.18. The van der Waals surface area contributed by atoms with Crippen LogP contribution in [0.4, 0.5) is 28.2 Å². The van der Waals surface area contributed by atoms with Crippen molar-refractivity contribution in [3.63, 3.8) is 0 Å². The zero-order valence-corrected chi connectivity index (χ0v) is 19.1. The number of anilines is 1. The molecule has 0 saturated carbocycles. The summed E-state index contributed by atoms with van der Waals surface area (Å²) in [5.74, 6) is 0.256. The van der Waals surface area contributed by atoms with Crippen molar-refractivity contribution < 1.29 is 22.4 Å². The number of alkyl halides is 3. The van der Waals surface area contributed by atoms with E-state index < -0.39 is 18.8 Å². The van der Waals surface area contributed by atoms with E-state index in [9.17, 15) is 22.4 Å². The van der Waals surface area contributed by atoms with E-state index in [4.69, 9.17) is 5.73 Å². The number of benzene rings is 2. The molecule has 10 heteroatoms. The molecule has 3 N–H and O–H groups in total. The molecule has 35 heavy (non-hydrogen) atoms. The Bertz CT molecular complexity index is 1160. The number of hydrogen-bond donors (Lipinski definition) is 2. The van der Waals surface area contributed by atoms with E-state index in [0.717, 1.165) is 36.2 Å². The van der Waals surface area contributed by atoms with Crippen molar-refractivity contribution in [1.29, 1.82) is 0 Å². The lowest BCUT2D eigenvalue weighted by atomic mass is 9.98. The highest BCUT2D eigenvalue weighted by Gasteiger charge is 2.35. The molecule has 2 heterocycles. The first kappa shape index (κ1) is 24.7. The van der Waals surface area contributed by atoms with Gasteiger partial charge in [0.05, 0.1) is 17.9 Å². The molecule has 1 saturated heterocycles. The summed E-state index contributed by atoms with van der Waals surface area (Å²) in [6.45, 7) is -0.253. The maximum absolute atomic E-state index is 13.5. The largest absolute Gasteiger partial charge is 0.401 e. The molecule has 2 aliphatic rings. The minimum absolute atomic E-state index is 0.126. The first-order valence-electron chi connectivity index (χ1n) is 11.5. The summed E-state index contributed by atoms with van der Waals surface area (Å²) < 4.78 is 51.8. The van der Waals surface area contributed by atoms with Crippen LogP contribution < -0.4 is 11.1 Å². The Kier molecular flexibility index (Phi) is 7.39. The monoisotopic (exact) mass is 489 g/mol. The molecule has 2 amide bonds. The topological polar surface area (TPSA) is 76.2 Å². The van der Waals surface area contributed by atoms with Gasteiger partial charge in [0.1, 0.15) is 11.6 Å². The Morgan fingerprint density at radius 2 is 1.80 bits per heavy atom. The summed E-state index contributed by atoms with van der Waals surface area (Å²) in [7, 11) is 0. The Morgan fingerprint density at radius 3 is 2.49 bits per heavy atom. The van der Waals surface area contributed by atoms with Crippen LogP contribution in [0, 0.1) is 5.82 Å². The number of aromatic nitrogens is 2. The number of para-hydroxylation sites is 1. The van der Waals surface area contributed by atoms with Gasteiger partial charge in [-0.2, -0.15) is 18.3 Å². The number of nitrogens with two attached hydrogens (primary N) is 1. The molecule has 1 aliphatic heterocycles. The SMILES string of the molecule is Fc1ccccc1[C@H]1CCN(CC(F)(F)F)C1.NC(=O)Nc1c2c(nn1-c1ccccc1)CCC2. The number of primary amides is 1. The standard InChI is InChI=1S/C13H14N4O.C12H13F4N/c14-13(18)15-12-10-7-4-8-11(10)16-17(12)9-5-2-1-3-6-9;13-11-4-2-1-3-10(11)9-5-6-17(7-9)8-12(14,15)16/h1-3,5-6H,4,7-8H2,(H3,14,15,18);1-4,9H,5-8H2/t;9-/m.0/s1. The van der Waals surface area contributed by atoms with E-state index in [1.165, 1.54) is 11.0 Å². The van der Waals surface area contributed by atoms with Crippen molar-refractivity contribution in [2.75, 3.05) is 25.0 Å². The summed E-state index contributed by atoms with van der Waals surface area (Å²) in [5, 5.41) is 7.25. The minimum Gasteiger partial charge on any atom is -0.351 e. The predicted molar refractivity (Wildman–Crippen MR) is 125 cm³/mol. The molecular formula is C25H27F4N5O. The Hall–Kier alpha value is -3.40. The van der Waals surface area contributed by atoms with Crippen LogP contribution in [-0.4, -0.2) is 46.5 Å². The third-order valence-electron chi connectivity index (χ3n) is 6.17. The third-order valence-corrected chi connectivity index (χ3v) is 6.17. The number of nitrogens with zero attached hydrogens (tertiary/aromatic N) is 3. The van der Waals surface area contributed by atoms with E-state index in [1.54, 1.807) is 22.9 Å². The summed E-state index contributed by atoms with van der Waals surface area (Å²) in [6, 6.07) is 15.5. The molecule has 3 aromatic rings. The molecule has 6 nitrogen and oxygen atoms in total. The smallest absolute Gasteiger partial charge is 0.351 e. The number of likely N-dealkylation sites (tertiary alicyclic amines) is 1. The number of nitrogens with one attached hydrogen (secondary N) is 1. The first-order chi connectivity index (χ1) is 16.7. The molecule has 1 aliphatic carbocycles. The van der Waals surface area contributed by atoms with Gasteiger partial charge >= 0.3 is 12.2 Å². The summed E-state index contributed by atoms with van der Waals surface area (Å²) in [5.41, 5.74) is 8.85. The van der Waals surface area contributed by atoms with Crippen LogP contribution in [-0.2, 0) is 12.8 Å². The second-order valence-electron chi connectivity index (χ2n) is 8.72. The number of carbonyl (C=O) groups excluding carboxylic acids is 1. The average Bonchev–Trinajstić information content (AvgIpc) is 3.52. The van der Waals surface area contributed by atoms with Gasteiger partial charge in [-0.1, -0.05) is 36.4 Å². The number of halogens is 4. The highest BCUT2D eigenvalue weighted by atomic mass is 19.4. The fourth-order valence-corrected chi connectivity index (χ4v) is 4.68. The van der Waals surface area contributed by atoms with Crippen molar-refractivity contribution in [3.8, 4) is 5.69 Å². The first-order valence-corrected chi connectivity index (χ1v) is 11.5. The molecule has 186 valence electrons. The average molecular weight is 490 g/mol. The van der Waals surface area contributed by atoms with Crippen molar-refractivity contribution in [2.45, 2.75) is 37.8 Å². The van der Waals surface area contributed by atoms with Crippen molar-refractivity contribution in [1.82, 2.24) is 14.7 Å². The van der Waals surface area contributed by atoms with E-state index in [0.29, 0.717) is 24.3 Å². The van der Waals surface area contributed by atoms with Gasteiger partial charge in [0.2, 0.25) is 0 Å². The molecular weight excluding hydrogens is 462 g/mol. The maximum atomic E-state index is 13.5. The number of rotatable bonds is 4. The van der Waals surface area contributed by atoms with Crippen LogP contribution in [0.25, 0.3) is 5.69 Å². The normalized spacial score (nSPS) is 17.5. The Labute approximate surface area is 200 Å². The zero-order chi connectivity index (χ0) is 25.0. The van der Waals surface area contributed by atoms with Crippen LogP contribution in [0.1, 0.15) is 35.6 Å². The lowest BCUT2D eigenvalue weighted by molar-refractivity contribution is -0.143. The van der Waals surface area contributed by atoms with Crippen LogP contribution in [0.3, 0.4) is 0 Å². The molecule has 2 aromatic carbocycles. The predicted octanol–water partition coefficient (Wildman–Crippen LogP) is 5.03. The minimum atomic E-state index is -4.18. The van der Waals surface area contributed by atoms with E-state index in [2.05, 4.69) is 10.4 Å². The zero-order valence-electron chi connectivity index (χ0n) is 19.1. The highest BCUT2D eigenvalue weighted by molar-refractivity contribution is 5.88. The number of fused-ring (bicyclic) bond motifs is 1. The molecule has 0 radical (unpaired) electrons. The number of hydrogen-bond acceptors (Lipinski definition) is 3. The fraction of sp³-hybridized carbons (Fsp3) is 0.360. The van der Waals surface area contributed by atoms with Crippen LogP contribution in [0.2, 0.25) is 0 Å². The van der Waals surface area contributed by atoms with Crippen LogP contribution >= 0.6 is 0 Å². The van der Waals surface area contributed by atoms with E-state index in [-0.39, 0.29) is 18.3 Å². The number of amides is 2. The molecule has 1 fully saturated rings. The van der Waals surface area contributed by atoms with Gasteiger partial charge in [-0.15, -0.1) is 0 Å². The van der Waals surface area contributed by atoms with Crippen molar-refractivity contribution >= 4 is 11.8 Å². The highest BCUT2D eigenvalue weighted by Crippen LogP contribution is 2.31. The number of carbonyl (C=O) groups is 1. The summed E-state index contributed by atoms with van der Waals surface area (Å²) in [6.07, 6.45) is -0.609. The van der Waals surface area contributed by atoms with Gasteiger partial charge in [0.15, 0.2) is 0 Å².